The number of hydrogen-bond donors (Lipinski definition) is 2. The summed E-state index contributed by atoms with van der Waals surface area (Å²) < 4.78 is 5.54. The number of nitrogens with one attached hydrogen (secondary N) is 2. The highest BCUT2D eigenvalue weighted by Crippen LogP contribution is 2.20. The van der Waals surface area contributed by atoms with Crippen molar-refractivity contribution in [3.05, 3.63) is 35.4 Å². The molecule has 0 amide bonds. The van der Waals surface area contributed by atoms with Crippen LogP contribution >= 0.6 is 0 Å². The summed E-state index contributed by atoms with van der Waals surface area (Å²) in [5.41, 5.74) is 2.61. The number of guanidine groups is 1. The molecular formula is C17H29N3O. The summed E-state index contributed by atoms with van der Waals surface area (Å²) >= 11 is 0. The minimum Gasteiger partial charge on any atom is -0.379 e. The summed E-state index contributed by atoms with van der Waals surface area (Å²) in [5, 5.41) is 6.65. The summed E-state index contributed by atoms with van der Waals surface area (Å²) in [6.45, 7) is 10.1. The fourth-order valence-corrected chi connectivity index (χ4v) is 2.16. The minimum atomic E-state index is 0.0944. The molecule has 118 valence electrons. The average Bonchev–Trinajstić information content (AvgIpc) is 2.41. The Balaban J connectivity index is 2.49. The fourth-order valence-electron chi connectivity index (χ4n) is 2.16. The molecule has 2 N–H and O–H groups in total. The van der Waals surface area contributed by atoms with E-state index in [4.69, 9.17) is 4.74 Å². The smallest absolute Gasteiger partial charge is 0.191 e. The molecule has 4 nitrogen and oxygen atoms in total. The van der Waals surface area contributed by atoms with Crippen LogP contribution < -0.4 is 10.6 Å². The van der Waals surface area contributed by atoms with Crippen molar-refractivity contribution in [2.45, 2.75) is 40.3 Å². The first kappa shape index (κ1) is 17.5. The van der Waals surface area contributed by atoms with E-state index in [1.54, 1.807) is 14.2 Å². The zero-order chi connectivity index (χ0) is 15.9. The van der Waals surface area contributed by atoms with Gasteiger partial charge in [0.15, 0.2) is 5.96 Å². The highest BCUT2D eigenvalue weighted by Gasteiger charge is 2.24. The molecule has 0 aliphatic carbocycles. The zero-order valence-electron chi connectivity index (χ0n) is 14.2. The first-order valence-electron chi connectivity index (χ1n) is 7.39. The molecule has 0 saturated heterocycles. The van der Waals surface area contributed by atoms with E-state index in [0.717, 1.165) is 19.0 Å². The molecule has 1 aromatic rings. The molecule has 0 saturated carbocycles. The van der Waals surface area contributed by atoms with Gasteiger partial charge in [-0.25, -0.2) is 0 Å². The molecule has 0 radical (unpaired) electrons. The number of aliphatic imine (C=N–C) groups is 1. The van der Waals surface area contributed by atoms with Crippen molar-refractivity contribution in [2.24, 2.45) is 10.4 Å². The lowest BCUT2D eigenvalue weighted by atomic mass is 9.89. The summed E-state index contributed by atoms with van der Waals surface area (Å²) in [4.78, 5) is 4.25. The number of benzene rings is 1. The fraction of sp³-hybridized carbons (Fsp3) is 0.588. The molecule has 1 atom stereocenters. The minimum absolute atomic E-state index is 0.0944. The van der Waals surface area contributed by atoms with E-state index in [2.05, 4.69) is 67.6 Å². The SMILES string of the molecule is CN=C(NCc1cccc(C)c1)NCC(OC)C(C)(C)C. The first-order valence-corrected chi connectivity index (χ1v) is 7.39. The number of nitrogens with zero attached hydrogens (tertiary/aromatic N) is 1. The predicted molar refractivity (Wildman–Crippen MR) is 89.6 cm³/mol. The van der Waals surface area contributed by atoms with Crippen LogP contribution in [0.5, 0.6) is 0 Å². The Labute approximate surface area is 129 Å². The van der Waals surface area contributed by atoms with Gasteiger partial charge in [0, 0.05) is 27.2 Å². The van der Waals surface area contributed by atoms with Gasteiger partial charge in [-0.05, 0) is 17.9 Å². The summed E-state index contributed by atoms with van der Waals surface area (Å²) in [6, 6.07) is 8.46. The quantitative estimate of drug-likeness (QED) is 0.648. The van der Waals surface area contributed by atoms with E-state index in [0.29, 0.717) is 0 Å². The van der Waals surface area contributed by atoms with Crippen LogP contribution in [-0.4, -0.2) is 32.8 Å². The van der Waals surface area contributed by atoms with E-state index in [1.807, 2.05) is 0 Å². The second-order valence-corrected chi connectivity index (χ2v) is 6.39. The number of rotatable bonds is 5. The maximum absolute atomic E-state index is 5.54. The van der Waals surface area contributed by atoms with Gasteiger partial charge in [-0.15, -0.1) is 0 Å². The molecule has 21 heavy (non-hydrogen) atoms. The van der Waals surface area contributed by atoms with Crippen LogP contribution in [0.2, 0.25) is 0 Å². The van der Waals surface area contributed by atoms with Gasteiger partial charge >= 0.3 is 0 Å². The molecule has 0 heterocycles. The highest BCUT2D eigenvalue weighted by atomic mass is 16.5. The van der Waals surface area contributed by atoms with Crippen molar-refractivity contribution >= 4 is 5.96 Å². The van der Waals surface area contributed by atoms with Crippen LogP contribution in [-0.2, 0) is 11.3 Å². The summed E-state index contributed by atoms with van der Waals surface area (Å²) in [7, 11) is 3.53. The average molecular weight is 291 g/mol. The number of hydrogen-bond acceptors (Lipinski definition) is 2. The Hall–Kier alpha value is -1.55. The van der Waals surface area contributed by atoms with Gasteiger partial charge in [-0.3, -0.25) is 4.99 Å². The lowest BCUT2D eigenvalue weighted by molar-refractivity contribution is 0.0205. The van der Waals surface area contributed by atoms with Crippen LogP contribution in [0.1, 0.15) is 31.9 Å². The molecule has 0 aliphatic rings. The molecule has 0 aromatic heterocycles. The van der Waals surface area contributed by atoms with Gasteiger partial charge in [0.05, 0.1) is 6.10 Å². The molecule has 1 unspecified atom stereocenters. The molecule has 1 rings (SSSR count). The standard InChI is InChI=1S/C17H29N3O/c1-13-8-7-9-14(10-13)11-19-16(18-5)20-12-15(21-6)17(2,3)4/h7-10,15H,11-12H2,1-6H3,(H2,18,19,20). The Bertz CT molecular complexity index is 463. The van der Waals surface area contributed by atoms with Crippen molar-refractivity contribution in [3.8, 4) is 0 Å². The number of methoxy groups -OCH3 is 1. The maximum atomic E-state index is 5.54. The lowest BCUT2D eigenvalue weighted by Gasteiger charge is -2.30. The van der Waals surface area contributed by atoms with Crippen LogP contribution in [0.15, 0.2) is 29.3 Å². The predicted octanol–water partition coefficient (Wildman–Crippen LogP) is 2.72. The third-order valence-corrected chi connectivity index (χ3v) is 3.47. The van der Waals surface area contributed by atoms with E-state index < -0.39 is 0 Å². The second-order valence-electron chi connectivity index (χ2n) is 6.39. The van der Waals surface area contributed by atoms with E-state index in [9.17, 15) is 0 Å². The molecule has 0 aliphatic heterocycles. The zero-order valence-corrected chi connectivity index (χ0v) is 14.2. The van der Waals surface area contributed by atoms with Crippen molar-refractivity contribution < 1.29 is 4.74 Å². The molecule has 1 aromatic carbocycles. The Morgan fingerprint density at radius 3 is 2.52 bits per heavy atom. The molecule has 0 bridgehead atoms. The van der Waals surface area contributed by atoms with Crippen LogP contribution in [0.4, 0.5) is 0 Å². The van der Waals surface area contributed by atoms with Gasteiger partial charge in [0.1, 0.15) is 0 Å². The lowest BCUT2D eigenvalue weighted by Crippen LogP contribution is -2.45. The Morgan fingerprint density at radius 2 is 2.00 bits per heavy atom. The van der Waals surface area contributed by atoms with Gasteiger partial charge in [-0.2, -0.15) is 0 Å². The summed E-state index contributed by atoms with van der Waals surface area (Å²) in [5.74, 6) is 0.794. The van der Waals surface area contributed by atoms with Gasteiger partial charge in [0.2, 0.25) is 0 Å². The maximum Gasteiger partial charge on any atom is 0.191 e. The number of ether oxygens (including phenoxy) is 1. The molecule has 4 heteroatoms. The van der Waals surface area contributed by atoms with Crippen molar-refractivity contribution in [1.82, 2.24) is 10.6 Å². The summed E-state index contributed by atoms with van der Waals surface area (Å²) in [6.07, 6.45) is 0.134. The Morgan fingerprint density at radius 1 is 1.29 bits per heavy atom. The third kappa shape index (κ3) is 6.17. The van der Waals surface area contributed by atoms with Crippen LogP contribution in [0, 0.1) is 12.3 Å². The second kappa shape index (κ2) is 8.03. The van der Waals surface area contributed by atoms with E-state index in [1.165, 1.54) is 11.1 Å². The van der Waals surface area contributed by atoms with Crippen molar-refractivity contribution in [1.29, 1.82) is 0 Å². The topological polar surface area (TPSA) is 45.7 Å². The van der Waals surface area contributed by atoms with Gasteiger partial charge < -0.3 is 15.4 Å². The monoisotopic (exact) mass is 291 g/mol. The Kier molecular flexibility index (Phi) is 6.69. The van der Waals surface area contributed by atoms with Crippen molar-refractivity contribution in [2.75, 3.05) is 20.7 Å². The van der Waals surface area contributed by atoms with Crippen LogP contribution in [0.25, 0.3) is 0 Å². The van der Waals surface area contributed by atoms with Gasteiger partial charge in [-0.1, -0.05) is 50.6 Å². The van der Waals surface area contributed by atoms with Gasteiger partial charge in [0.25, 0.3) is 0 Å². The molecule has 0 fully saturated rings. The highest BCUT2D eigenvalue weighted by molar-refractivity contribution is 5.79. The van der Waals surface area contributed by atoms with Crippen LogP contribution in [0.3, 0.4) is 0 Å². The number of aryl methyl sites for hydroxylation is 1. The largest absolute Gasteiger partial charge is 0.379 e. The van der Waals surface area contributed by atoms with E-state index in [-0.39, 0.29) is 11.5 Å². The molecule has 0 spiro atoms. The molecular weight excluding hydrogens is 262 g/mol. The first-order chi connectivity index (χ1) is 9.86. The van der Waals surface area contributed by atoms with Crippen molar-refractivity contribution in [3.63, 3.8) is 0 Å². The third-order valence-electron chi connectivity index (χ3n) is 3.47. The normalized spacial score (nSPS) is 13.9. The van der Waals surface area contributed by atoms with E-state index >= 15 is 0 Å².